The van der Waals surface area contributed by atoms with Crippen molar-refractivity contribution in [3.8, 4) is 0 Å². The fraction of sp³-hybridized carbons (Fsp3) is 0.438. The van der Waals surface area contributed by atoms with Crippen molar-refractivity contribution in [2.24, 2.45) is 11.8 Å². The van der Waals surface area contributed by atoms with E-state index in [1.54, 1.807) is 0 Å². The minimum absolute atomic E-state index is 0.672. The monoisotopic (exact) mass is 255 g/mol. The van der Waals surface area contributed by atoms with Crippen molar-refractivity contribution >= 4 is 16.7 Å². The number of pyridine rings is 1. The van der Waals surface area contributed by atoms with Crippen molar-refractivity contribution in [1.29, 1.82) is 0 Å². The molecular formula is C16H21N3. The summed E-state index contributed by atoms with van der Waals surface area (Å²) in [6.07, 6.45) is 0. The topological polar surface area (TPSA) is 42.2 Å². The third kappa shape index (κ3) is 2.43. The van der Waals surface area contributed by atoms with Crippen LogP contribution in [-0.2, 0) is 6.54 Å². The van der Waals surface area contributed by atoms with E-state index in [4.69, 9.17) is 5.73 Å². The van der Waals surface area contributed by atoms with E-state index in [9.17, 15) is 0 Å². The van der Waals surface area contributed by atoms with Crippen molar-refractivity contribution in [2.75, 3.05) is 18.8 Å². The van der Waals surface area contributed by atoms with Crippen LogP contribution in [0.4, 0.5) is 5.82 Å². The number of nitrogens with two attached hydrogens (primary N) is 1. The van der Waals surface area contributed by atoms with Gasteiger partial charge >= 0.3 is 0 Å². The number of benzene rings is 1. The summed E-state index contributed by atoms with van der Waals surface area (Å²) < 4.78 is 0. The van der Waals surface area contributed by atoms with E-state index < -0.39 is 0 Å². The van der Waals surface area contributed by atoms with Gasteiger partial charge in [0.05, 0.1) is 5.52 Å². The summed E-state index contributed by atoms with van der Waals surface area (Å²) in [6, 6.07) is 10.3. The first kappa shape index (κ1) is 12.4. The summed E-state index contributed by atoms with van der Waals surface area (Å²) in [5.74, 6) is 2.22. The van der Waals surface area contributed by atoms with Crippen LogP contribution in [0.3, 0.4) is 0 Å². The Hall–Kier alpha value is -1.61. The fourth-order valence-corrected chi connectivity index (χ4v) is 2.92. The fourth-order valence-electron chi connectivity index (χ4n) is 2.92. The molecule has 2 unspecified atom stereocenters. The average molecular weight is 255 g/mol. The normalized spacial score (nSPS) is 24.1. The molecule has 0 spiro atoms. The van der Waals surface area contributed by atoms with E-state index in [0.717, 1.165) is 42.6 Å². The number of aromatic nitrogens is 1. The van der Waals surface area contributed by atoms with E-state index in [1.165, 1.54) is 5.39 Å². The number of fused-ring (bicyclic) bond motifs is 1. The standard InChI is InChI=1S/C16H21N3/c1-11-8-19(9-12(11)2)10-14-7-13-5-3-4-6-15(13)18-16(14)17/h3-7,11-12H,8-10H2,1-2H3,(H2,17,18). The Labute approximate surface area is 114 Å². The van der Waals surface area contributed by atoms with Crippen LogP contribution in [0, 0.1) is 11.8 Å². The van der Waals surface area contributed by atoms with Gasteiger partial charge in [0, 0.05) is 30.6 Å². The molecule has 3 heteroatoms. The van der Waals surface area contributed by atoms with Gasteiger partial charge in [0.2, 0.25) is 0 Å². The van der Waals surface area contributed by atoms with Gasteiger partial charge in [-0.15, -0.1) is 0 Å². The molecule has 3 rings (SSSR count). The van der Waals surface area contributed by atoms with Crippen LogP contribution in [0.15, 0.2) is 30.3 Å². The zero-order chi connectivity index (χ0) is 13.4. The average Bonchev–Trinajstić information content (AvgIpc) is 2.69. The van der Waals surface area contributed by atoms with Gasteiger partial charge in [-0.05, 0) is 24.0 Å². The van der Waals surface area contributed by atoms with E-state index >= 15 is 0 Å². The first-order valence-corrected chi connectivity index (χ1v) is 7.00. The third-order valence-electron chi connectivity index (χ3n) is 4.29. The molecule has 2 N–H and O–H groups in total. The highest BCUT2D eigenvalue weighted by atomic mass is 15.2. The number of nitrogen functional groups attached to an aromatic ring is 1. The van der Waals surface area contributed by atoms with Gasteiger partial charge in [0.15, 0.2) is 0 Å². The minimum Gasteiger partial charge on any atom is -0.383 e. The van der Waals surface area contributed by atoms with Gasteiger partial charge < -0.3 is 5.73 Å². The summed E-state index contributed by atoms with van der Waals surface area (Å²) in [7, 11) is 0. The van der Waals surface area contributed by atoms with Gasteiger partial charge in [0.1, 0.15) is 5.82 Å². The highest BCUT2D eigenvalue weighted by molar-refractivity contribution is 5.81. The molecule has 0 saturated carbocycles. The number of anilines is 1. The molecule has 1 aliphatic heterocycles. The van der Waals surface area contributed by atoms with Gasteiger partial charge in [-0.25, -0.2) is 4.98 Å². The molecule has 2 atom stereocenters. The van der Waals surface area contributed by atoms with Gasteiger partial charge in [-0.1, -0.05) is 32.0 Å². The van der Waals surface area contributed by atoms with E-state index in [-0.39, 0.29) is 0 Å². The van der Waals surface area contributed by atoms with Gasteiger partial charge in [-0.2, -0.15) is 0 Å². The molecule has 2 heterocycles. The van der Waals surface area contributed by atoms with Crippen molar-refractivity contribution < 1.29 is 0 Å². The lowest BCUT2D eigenvalue weighted by Crippen LogP contribution is -2.21. The summed E-state index contributed by atoms with van der Waals surface area (Å²) in [6.45, 7) is 7.89. The largest absolute Gasteiger partial charge is 0.383 e. The molecule has 3 nitrogen and oxygen atoms in total. The summed E-state index contributed by atoms with van der Waals surface area (Å²) >= 11 is 0. The second-order valence-electron chi connectivity index (χ2n) is 5.87. The van der Waals surface area contributed by atoms with Crippen LogP contribution in [0.5, 0.6) is 0 Å². The Bertz CT molecular complexity index is 584. The Morgan fingerprint density at radius 3 is 2.63 bits per heavy atom. The highest BCUT2D eigenvalue weighted by Crippen LogP contribution is 2.26. The Morgan fingerprint density at radius 2 is 1.89 bits per heavy atom. The van der Waals surface area contributed by atoms with Crippen LogP contribution in [-0.4, -0.2) is 23.0 Å². The lowest BCUT2D eigenvalue weighted by molar-refractivity contribution is 0.316. The molecule has 0 aliphatic carbocycles. The minimum atomic E-state index is 0.672. The van der Waals surface area contributed by atoms with Crippen molar-refractivity contribution in [3.05, 3.63) is 35.9 Å². The predicted molar refractivity (Wildman–Crippen MR) is 79.8 cm³/mol. The third-order valence-corrected chi connectivity index (χ3v) is 4.29. The molecule has 1 aromatic carbocycles. The maximum Gasteiger partial charge on any atom is 0.128 e. The number of nitrogens with zero attached hydrogens (tertiary/aromatic N) is 2. The van der Waals surface area contributed by atoms with Crippen LogP contribution in [0.1, 0.15) is 19.4 Å². The Kier molecular flexibility index (Phi) is 3.15. The first-order valence-electron chi connectivity index (χ1n) is 7.00. The Balaban J connectivity index is 1.87. The van der Waals surface area contributed by atoms with Crippen LogP contribution >= 0.6 is 0 Å². The second kappa shape index (κ2) is 4.82. The van der Waals surface area contributed by atoms with Crippen LogP contribution in [0.2, 0.25) is 0 Å². The van der Waals surface area contributed by atoms with Crippen LogP contribution < -0.4 is 5.73 Å². The quantitative estimate of drug-likeness (QED) is 0.897. The molecule has 1 aliphatic rings. The molecule has 0 amide bonds. The SMILES string of the molecule is CC1CN(Cc2cc3ccccc3nc2N)CC1C. The molecule has 1 saturated heterocycles. The van der Waals surface area contributed by atoms with Crippen molar-refractivity contribution in [3.63, 3.8) is 0 Å². The van der Waals surface area contributed by atoms with Crippen molar-refractivity contribution in [1.82, 2.24) is 9.88 Å². The number of likely N-dealkylation sites (tertiary alicyclic amines) is 1. The smallest absolute Gasteiger partial charge is 0.128 e. The highest BCUT2D eigenvalue weighted by Gasteiger charge is 2.26. The van der Waals surface area contributed by atoms with E-state index in [2.05, 4.69) is 35.9 Å². The lowest BCUT2D eigenvalue weighted by Gasteiger charge is -2.17. The molecule has 2 aromatic rings. The van der Waals surface area contributed by atoms with Gasteiger partial charge in [0.25, 0.3) is 0 Å². The first-order chi connectivity index (χ1) is 9.13. The summed E-state index contributed by atoms with van der Waals surface area (Å²) in [4.78, 5) is 6.99. The molecule has 1 aromatic heterocycles. The number of hydrogen-bond acceptors (Lipinski definition) is 3. The molecule has 1 fully saturated rings. The van der Waals surface area contributed by atoms with E-state index in [1.807, 2.05) is 18.2 Å². The van der Waals surface area contributed by atoms with Crippen LogP contribution in [0.25, 0.3) is 10.9 Å². The molecular weight excluding hydrogens is 234 g/mol. The molecule has 0 radical (unpaired) electrons. The Morgan fingerprint density at radius 1 is 1.21 bits per heavy atom. The number of rotatable bonds is 2. The lowest BCUT2D eigenvalue weighted by atomic mass is 10.0. The predicted octanol–water partition coefficient (Wildman–Crippen LogP) is 2.90. The molecule has 0 bridgehead atoms. The zero-order valence-corrected chi connectivity index (χ0v) is 11.6. The maximum absolute atomic E-state index is 6.10. The molecule has 100 valence electrons. The van der Waals surface area contributed by atoms with E-state index in [0.29, 0.717) is 5.82 Å². The van der Waals surface area contributed by atoms with Crippen molar-refractivity contribution in [2.45, 2.75) is 20.4 Å². The zero-order valence-electron chi connectivity index (χ0n) is 11.6. The second-order valence-corrected chi connectivity index (χ2v) is 5.87. The summed E-state index contributed by atoms with van der Waals surface area (Å²) in [5.41, 5.74) is 8.23. The molecule has 19 heavy (non-hydrogen) atoms. The summed E-state index contributed by atoms with van der Waals surface area (Å²) in [5, 5.41) is 1.17. The number of hydrogen-bond donors (Lipinski definition) is 1. The maximum atomic E-state index is 6.10. The van der Waals surface area contributed by atoms with Gasteiger partial charge in [-0.3, -0.25) is 4.90 Å². The number of para-hydroxylation sites is 1.